The fourth-order valence-electron chi connectivity index (χ4n) is 12.2. The molecule has 10 heteroatoms. The number of carbonyl (C=O) groups is 2. The quantitative estimate of drug-likeness (QED) is 0.0853. The molecule has 3 aromatic rings. The minimum atomic E-state index is -3.87. The maximum absolute atomic E-state index is 14.5. The van der Waals surface area contributed by atoms with Crippen molar-refractivity contribution >= 4 is 19.5 Å². The third-order valence-electron chi connectivity index (χ3n) is 15.7. The highest BCUT2D eigenvalue weighted by atomic mass is 31.2. The number of fused-ring (bicyclic) bond motifs is 5. The lowest BCUT2D eigenvalue weighted by Gasteiger charge is -2.62. The Balaban J connectivity index is 0.962. The summed E-state index contributed by atoms with van der Waals surface area (Å²) in [5.41, 5.74) is 2.54. The molecule has 3 aromatic carbocycles. The van der Waals surface area contributed by atoms with Crippen LogP contribution in [0.25, 0.3) is 0 Å². The number of amides is 1. The molecule has 4 aliphatic carbocycles. The fourth-order valence-corrected chi connectivity index (χ4v) is 14.1. The Morgan fingerprint density at radius 3 is 1.98 bits per heavy atom. The Kier molecular flexibility index (Phi) is 14.8. The second-order valence-electron chi connectivity index (χ2n) is 19.1. The summed E-state index contributed by atoms with van der Waals surface area (Å²) in [5.74, 6) is 1.27. The van der Waals surface area contributed by atoms with Gasteiger partial charge in [-0.15, -0.1) is 0 Å². The van der Waals surface area contributed by atoms with Crippen LogP contribution in [-0.2, 0) is 47.8 Å². The predicted molar refractivity (Wildman–Crippen MR) is 233 cm³/mol. The van der Waals surface area contributed by atoms with Crippen molar-refractivity contribution in [1.82, 2.24) is 5.32 Å². The van der Waals surface area contributed by atoms with E-state index in [1.807, 2.05) is 91.0 Å². The van der Waals surface area contributed by atoms with Gasteiger partial charge in [-0.2, -0.15) is 0 Å². The zero-order valence-corrected chi connectivity index (χ0v) is 36.9. The first-order chi connectivity index (χ1) is 28.9. The molecule has 326 valence electrons. The van der Waals surface area contributed by atoms with Gasteiger partial charge in [-0.05, 0) is 127 Å². The lowest BCUT2D eigenvalue weighted by Crippen LogP contribution is -2.58. The van der Waals surface area contributed by atoms with Gasteiger partial charge in [0.25, 0.3) is 0 Å². The first kappa shape index (κ1) is 44.7. The summed E-state index contributed by atoms with van der Waals surface area (Å²) in [4.78, 5) is 27.2. The standard InChI is InChI=1S/C50H68NO8P/c1-35(43-22-23-44-42-21-20-40-29-41(52)25-27-49(40,2)45(42)30-46(53)50(43,44)3)26-28-51-47(54)24-19-39(48(55)57-31-36-13-7-4-8-14-36)34-60(56,58-32-37-15-9-5-10-16-37)59-33-38-17-11-6-12-18-38/h4-18,35,39-46,52-53H,19-34H2,1-3H3,(H,51,54)/t35?,39?,40?,41-,42?,43-,44?,45?,46+,49+,50-/m1/s1. The highest BCUT2D eigenvalue weighted by Crippen LogP contribution is 2.68. The van der Waals surface area contributed by atoms with E-state index in [0.717, 1.165) is 61.6 Å². The average Bonchev–Trinajstić information content (AvgIpc) is 3.63. The predicted octanol–water partition coefficient (Wildman–Crippen LogP) is 9.89. The van der Waals surface area contributed by atoms with Crippen LogP contribution in [-0.4, -0.2) is 47.0 Å². The number of hydrogen-bond acceptors (Lipinski definition) is 8. The second-order valence-corrected chi connectivity index (χ2v) is 21.2. The number of ether oxygens (including phenoxy) is 1. The van der Waals surface area contributed by atoms with Crippen LogP contribution >= 0.6 is 7.60 Å². The zero-order valence-electron chi connectivity index (χ0n) is 36.0. The SMILES string of the molecule is CC(CCNC(=O)CCC(CP(=O)(OCc1ccccc1)OCc1ccccc1)C(=O)OCc1ccccc1)[C@H]1CCC2C3CCC4C[C@H](O)CC[C@]4(C)C3C[C@H](O)[C@@]21C. The lowest BCUT2D eigenvalue weighted by molar-refractivity contribution is -0.174. The number of rotatable bonds is 18. The highest BCUT2D eigenvalue weighted by Gasteiger charge is 2.63. The minimum absolute atomic E-state index is 0.0429. The van der Waals surface area contributed by atoms with Crippen LogP contribution < -0.4 is 5.32 Å². The first-order valence-corrected chi connectivity index (χ1v) is 24.4. The number of esters is 1. The third kappa shape index (κ3) is 10.3. The van der Waals surface area contributed by atoms with Gasteiger partial charge >= 0.3 is 13.6 Å². The monoisotopic (exact) mass is 841 g/mol. The van der Waals surface area contributed by atoms with E-state index in [1.54, 1.807) is 0 Å². The van der Waals surface area contributed by atoms with Gasteiger partial charge < -0.3 is 29.3 Å². The minimum Gasteiger partial charge on any atom is -0.461 e. The largest absolute Gasteiger partial charge is 0.461 e. The Morgan fingerprint density at radius 2 is 1.37 bits per heavy atom. The van der Waals surface area contributed by atoms with Crippen LogP contribution in [0.5, 0.6) is 0 Å². The Labute approximate surface area is 357 Å². The van der Waals surface area contributed by atoms with Gasteiger partial charge in [0.15, 0.2) is 0 Å². The van der Waals surface area contributed by atoms with Gasteiger partial charge in [-0.3, -0.25) is 14.2 Å². The molecule has 3 N–H and O–H groups in total. The van der Waals surface area contributed by atoms with Crippen LogP contribution in [0, 0.1) is 52.3 Å². The van der Waals surface area contributed by atoms with E-state index in [2.05, 4.69) is 26.1 Å². The summed E-state index contributed by atoms with van der Waals surface area (Å²) >= 11 is 0. The van der Waals surface area contributed by atoms with Gasteiger partial charge in [0.1, 0.15) is 6.61 Å². The molecule has 0 heterocycles. The number of hydrogen-bond donors (Lipinski definition) is 3. The molecule has 0 saturated heterocycles. The second kappa shape index (κ2) is 19.8. The normalized spacial score (nSPS) is 30.9. The van der Waals surface area contributed by atoms with E-state index < -0.39 is 19.5 Å². The fraction of sp³-hybridized carbons (Fsp3) is 0.600. The first-order valence-electron chi connectivity index (χ1n) is 22.7. The van der Waals surface area contributed by atoms with E-state index in [4.69, 9.17) is 13.8 Å². The molecule has 0 aromatic heterocycles. The van der Waals surface area contributed by atoms with Crippen molar-refractivity contribution in [3.05, 3.63) is 108 Å². The zero-order chi connectivity index (χ0) is 42.3. The molecule has 6 unspecified atom stereocenters. The average molecular weight is 842 g/mol. The van der Waals surface area contributed by atoms with E-state index in [1.165, 1.54) is 12.8 Å². The van der Waals surface area contributed by atoms with Crippen LogP contribution in [0.2, 0.25) is 0 Å². The van der Waals surface area contributed by atoms with Crippen molar-refractivity contribution in [2.45, 2.75) is 123 Å². The molecule has 4 fully saturated rings. The van der Waals surface area contributed by atoms with Crippen molar-refractivity contribution in [3.8, 4) is 0 Å². The summed E-state index contributed by atoms with van der Waals surface area (Å²) in [6.45, 7) is 7.74. The van der Waals surface area contributed by atoms with Crippen molar-refractivity contribution < 1.29 is 38.2 Å². The number of nitrogens with one attached hydrogen (secondary N) is 1. The van der Waals surface area contributed by atoms with Crippen LogP contribution in [0.15, 0.2) is 91.0 Å². The smallest absolute Gasteiger partial charge is 0.332 e. The number of benzene rings is 3. The Morgan fingerprint density at radius 1 is 0.767 bits per heavy atom. The highest BCUT2D eigenvalue weighted by molar-refractivity contribution is 7.53. The number of aliphatic hydroxyl groups excluding tert-OH is 2. The molecular weight excluding hydrogens is 774 g/mol. The molecule has 7 rings (SSSR count). The summed E-state index contributed by atoms with van der Waals surface area (Å²) in [7, 11) is -3.87. The van der Waals surface area contributed by atoms with E-state index in [9.17, 15) is 24.4 Å². The topological polar surface area (TPSA) is 131 Å². The molecule has 60 heavy (non-hydrogen) atoms. The van der Waals surface area contributed by atoms with Crippen LogP contribution in [0.4, 0.5) is 0 Å². The molecule has 4 aliphatic rings. The summed E-state index contributed by atoms with van der Waals surface area (Å²) < 4.78 is 32.3. The van der Waals surface area contributed by atoms with E-state index >= 15 is 0 Å². The Bertz CT molecular complexity index is 1850. The summed E-state index contributed by atoms with van der Waals surface area (Å²) in [5, 5.41) is 25.6. The van der Waals surface area contributed by atoms with Gasteiger partial charge in [0.05, 0.1) is 37.5 Å². The van der Waals surface area contributed by atoms with Crippen molar-refractivity contribution in [2.24, 2.45) is 52.3 Å². The van der Waals surface area contributed by atoms with Crippen molar-refractivity contribution in [2.75, 3.05) is 12.7 Å². The maximum Gasteiger partial charge on any atom is 0.332 e. The van der Waals surface area contributed by atoms with Crippen LogP contribution in [0.3, 0.4) is 0 Å². The van der Waals surface area contributed by atoms with E-state index in [-0.39, 0.29) is 67.8 Å². The third-order valence-corrected chi connectivity index (χ3v) is 17.6. The van der Waals surface area contributed by atoms with Gasteiger partial charge in [0.2, 0.25) is 5.91 Å². The molecule has 4 saturated carbocycles. The molecule has 0 radical (unpaired) electrons. The van der Waals surface area contributed by atoms with Crippen LogP contribution in [0.1, 0.15) is 108 Å². The van der Waals surface area contributed by atoms with Crippen molar-refractivity contribution in [1.29, 1.82) is 0 Å². The lowest BCUT2D eigenvalue weighted by atomic mass is 9.43. The molecule has 0 aliphatic heterocycles. The molecule has 0 spiro atoms. The van der Waals surface area contributed by atoms with Crippen molar-refractivity contribution in [3.63, 3.8) is 0 Å². The van der Waals surface area contributed by atoms with Gasteiger partial charge in [-0.25, -0.2) is 0 Å². The maximum atomic E-state index is 14.5. The molecular formula is C50H68NO8P. The molecule has 9 nitrogen and oxygen atoms in total. The summed E-state index contributed by atoms with van der Waals surface area (Å²) in [6.07, 6.45) is 8.59. The molecule has 0 bridgehead atoms. The Hall–Kier alpha value is -3.33. The van der Waals surface area contributed by atoms with E-state index in [0.29, 0.717) is 42.1 Å². The number of aliphatic hydroxyl groups is 2. The van der Waals surface area contributed by atoms with Gasteiger partial charge in [-0.1, -0.05) is 112 Å². The number of carbonyl (C=O) groups excluding carboxylic acids is 2. The molecule has 11 atom stereocenters. The van der Waals surface area contributed by atoms with Gasteiger partial charge in [0, 0.05) is 13.0 Å². The molecule has 1 amide bonds. The summed E-state index contributed by atoms with van der Waals surface area (Å²) in [6, 6.07) is 28.2.